The highest BCUT2D eigenvalue weighted by Crippen LogP contribution is 2.30. The standard InChI is InChI=1S/C80H100FN19O19S/c1-8-50-35-53(119-29-12-11-26-86-97-83)23-25-54(50)51-21-19-48(20-22-51)34-59(72(111)88-58(70(82)109)17-13-14-49-31-44(3)30-45(4)32-49)89-73(112)61(37-67(107)108)90-74(113)62(40-101)91-75(114)68(46(5)102)93-79(118)80(7,38-52-15-9-10-16-57(52)81)94-76(115)69(47(6)103)92-64(104)39-85-71(110)60(36-63-95-98-99-96-63)87-66(106)42-120-41-65(105)84-27-28-100-77(116)55-24-18-43(2)33-56(55)78(100)117/h9-10,15-16,18-25,30-33,35,46-47,58-62,68-69,101-103H,8,11-14,17,26-29,34,36-42H2,1-7H3,(H2,82,109)(H,84,105)(H,85,110)(H,87,106)(H,88,111)(H,89,112)(H,90,113)(H,91,114)(H,92,104)(H,93,118)(H,94,115)(H,107,108)(H,95,96,98,99)/t46?,47-,58+,59+,60+,61+,62+,68+,69?,80+/m1/s1. The van der Waals surface area contributed by atoms with Gasteiger partial charge < -0.3 is 84.1 Å². The molecule has 0 bridgehead atoms. The Labute approximate surface area is 693 Å². The molecule has 5 aromatic carbocycles. The highest BCUT2D eigenvalue weighted by Gasteiger charge is 2.43. The van der Waals surface area contributed by atoms with E-state index in [9.17, 15) is 87.5 Å². The number of aliphatic hydroxyl groups is 3. The van der Waals surface area contributed by atoms with Crippen molar-refractivity contribution in [3.8, 4) is 16.9 Å². The number of nitrogens with zero attached hydrogens (tertiary/aromatic N) is 7. The van der Waals surface area contributed by atoms with Crippen molar-refractivity contribution in [1.29, 1.82) is 0 Å². The molecule has 120 heavy (non-hydrogen) atoms. The lowest BCUT2D eigenvalue weighted by Crippen LogP contribution is -2.67. The van der Waals surface area contributed by atoms with Crippen LogP contribution in [-0.2, 0) is 89.6 Å². The number of hydrogen-bond acceptors (Lipinski definition) is 23. The minimum atomic E-state index is -2.42. The Morgan fingerprint density at radius 2 is 1.29 bits per heavy atom. The minimum absolute atomic E-state index is 0.0611. The summed E-state index contributed by atoms with van der Waals surface area (Å²) in [4.78, 5) is 195. The van der Waals surface area contributed by atoms with Crippen LogP contribution in [0.15, 0.2) is 108 Å². The zero-order valence-corrected chi connectivity index (χ0v) is 68.0. The van der Waals surface area contributed by atoms with Crippen LogP contribution in [0.5, 0.6) is 5.75 Å². The SMILES string of the molecule is CCc1cc(OCCCCN=[N+]=[N-])ccc1-c1ccc(C[C@H](NC(=O)[C@H](CC(=O)O)NC(=O)[C@H](CO)NC(=O)[C@@H](NC(=O)[C@](C)(Cc2ccccc2F)NC(=O)C(NC(=O)CNC(=O)[C@H](Cc2nn[nH]n2)NC(=O)CSCC(=O)NCCN2C(=O)c3ccc(C)cc3C2=O)[C@@H](C)O)C(C)O)C(=O)N[C@@H](CCCc2cc(C)cc(C)c2)C(N)=O)cc1. The first-order valence-corrected chi connectivity index (χ1v) is 39.7. The summed E-state index contributed by atoms with van der Waals surface area (Å²) in [7, 11) is 0. The number of rotatable bonds is 48. The van der Waals surface area contributed by atoms with Crippen LogP contribution in [0.2, 0.25) is 0 Å². The number of aryl methyl sites for hydroxylation is 5. The van der Waals surface area contributed by atoms with E-state index in [1.54, 1.807) is 49.4 Å². The number of primary amides is 1. The predicted octanol–water partition coefficient (Wildman–Crippen LogP) is 0.258. The molecule has 0 aliphatic carbocycles. The molecule has 10 atom stereocenters. The monoisotopic (exact) mass is 1680 g/mol. The molecule has 0 radical (unpaired) electrons. The number of unbranched alkanes of at least 4 members (excludes halogenated alkanes) is 1. The average molecular weight is 1680 g/mol. The van der Waals surface area contributed by atoms with Gasteiger partial charge in [0.1, 0.15) is 59.4 Å². The maximum Gasteiger partial charge on any atom is 0.305 e. The first-order chi connectivity index (χ1) is 57.1. The maximum absolute atomic E-state index is 15.6. The number of thioether (sulfide) groups is 1. The second-order valence-electron chi connectivity index (χ2n) is 29.0. The van der Waals surface area contributed by atoms with Gasteiger partial charge in [-0.15, -0.1) is 22.0 Å². The van der Waals surface area contributed by atoms with Gasteiger partial charge in [0.2, 0.25) is 65.0 Å². The fraction of sp³-hybridized carbons (Fsp3) is 0.438. The molecular weight excluding hydrogens is 1580 g/mol. The van der Waals surface area contributed by atoms with Crippen LogP contribution in [0.25, 0.3) is 21.6 Å². The Morgan fingerprint density at radius 3 is 1.94 bits per heavy atom. The Bertz CT molecular complexity index is 4720. The summed E-state index contributed by atoms with van der Waals surface area (Å²) in [6.45, 7) is 9.03. The molecule has 1 aliphatic heterocycles. The first kappa shape index (κ1) is 94.4. The number of aromatic nitrogens is 4. The van der Waals surface area contributed by atoms with E-state index in [-0.39, 0.29) is 60.0 Å². The number of carboxylic acids is 1. The quantitative estimate of drug-likeness (QED) is 0.00801. The van der Waals surface area contributed by atoms with Gasteiger partial charge >= 0.3 is 5.97 Å². The molecule has 0 spiro atoms. The summed E-state index contributed by atoms with van der Waals surface area (Å²) >= 11 is 0.843. The lowest BCUT2D eigenvalue weighted by Gasteiger charge is -2.34. The molecule has 7 rings (SSSR count). The Balaban J connectivity index is 1.00. The number of hydrogen-bond donors (Lipinski definition) is 16. The number of nitrogens with two attached hydrogens (primary N) is 1. The number of carbonyl (C=O) groups excluding carboxylic acids is 13. The number of carbonyl (C=O) groups is 14. The van der Waals surface area contributed by atoms with Gasteiger partial charge in [0.25, 0.3) is 11.8 Å². The average Bonchev–Trinajstić information content (AvgIpc) is 1.64. The van der Waals surface area contributed by atoms with Crippen LogP contribution in [0, 0.1) is 26.6 Å². The second kappa shape index (κ2) is 45.8. The van der Waals surface area contributed by atoms with E-state index in [1.165, 1.54) is 18.2 Å². The van der Waals surface area contributed by atoms with E-state index in [0.717, 1.165) is 82.4 Å². The topological polar surface area (TPSA) is 582 Å². The molecule has 1 aromatic heterocycles. The number of azide groups is 1. The van der Waals surface area contributed by atoms with Crippen molar-refractivity contribution in [2.75, 3.05) is 50.9 Å². The summed E-state index contributed by atoms with van der Waals surface area (Å²) in [5.74, 6) is -15.7. The molecule has 6 aromatic rings. The Kier molecular flexibility index (Phi) is 36.0. The summed E-state index contributed by atoms with van der Waals surface area (Å²) < 4.78 is 21.5. The van der Waals surface area contributed by atoms with Gasteiger partial charge in [0.05, 0.1) is 61.0 Å². The molecule has 17 N–H and O–H groups in total. The smallest absolute Gasteiger partial charge is 0.305 e. The minimum Gasteiger partial charge on any atom is -0.494 e. The molecular formula is C80H100FN19O19S. The number of ether oxygens (including phenoxy) is 1. The van der Waals surface area contributed by atoms with Crippen LogP contribution in [0.4, 0.5) is 4.39 Å². The molecule has 2 heterocycles. The van der Waals surface area contributed by atoms with Gasteiger partial charge in [-0.2, -0.15) is 5.21 Å². The number of H-pyrrole nitrogens is 1. The number of amides is 13. The summed E-state index contributed by atoms with van der Waals surface area (Å²) in [6, 6.07) is 15.6. The van der Waals surface area contributed by atoms with Crippen molar-refractivity contribution in [2.24, 2.45) is 10.8 Å². The van der Waals surface area contributed by atoms with Crippen molar-refractivity contribution < 1.29 is 96.7 Å². The van der Waals surface area contributed by atoms with Crippen molar-refractivity contribution in [3.63, 3.8) is 0 Å². The molecule has 0 fully saturated rings. The van der Waals surface area contributed by atoms with Gasteiger partial charge in [-0.1, -0.05) is 107 Å². The van der Waals surface area contributed by atoms with Crippen molar-refractivity contribution in [3.05, 3.63) is 175 Å². The molecule has 1 aliphatic rings. The van der Waals surface area contributed by atoms with E-state index >= 15 is 4.39 Å². The highest BCUT2D eigenvalue weighted by molar-refractivity contribution is 8.00. The van der Waals surface area contributed by atoms with Crippen molar-refractivity contribution in [2.45, 2.75) is 173 Å². The van der Waals surface area contributed by atoms with Crippen molar-refractivity contribution >= 4 is 94.5 Å². The Hall–Kier alpha value is -12.8. The number of aliphatic carboxylic acids is 1. The number of nitrogens with one attached hydrogen (secondary N) is 11. The van der Waals surface area contributed by atoms with E-state index in [1.807, 2.05) is 57.2 Å². The molecule has 2 unspecified atom stereocenters. The number of aliphatic hydroxyl groups excluding tert-OH is 3. The summed E-state index contributed by atoms with van der Waals surface area (Å²) in [5.41, 5.74) is 19.1. The summed E-state index contributed by atoms with van der Waals surface area (Å²) in [6.07, 6.45) is -3.46. The second-order valence-corrected chi connectivity index (χ2v) is 30.0. The largest absolute Gasteiger partial charge is 0.494 e. The van der Waals surface area contributed by atoms with E-state index in [4.69, 9.17) is 16.0 Å². The van der Waals surface area contributed by atoms with Crippen LogP contribution in [0.3, 0.4) is 0 Å². The van der Waals surface area contributed by atoms with Gasteiger partial charge in [0.15, 0.2) is 5.82 Å². The number of aromatic amines is 1. The fourth-order valence-electron chi connectivity index (χ4n) is 13.0. The molecule has 13 amide bonds. The number of tetrazole rings is 1. The zero-order chi connectivity index (χ0) is 87.9. The normalized spacial score (nSPS) is 14.3. The van der Waals surface area contributed by atoms with Gasteiger partial charge in [-0.25, -0.2) is 4.39 Å². The number of halogens is 1. The van der Waals surface area contributed by atoms with E-state index < -0.39 is 181 Å². The van der Waals surface area contributed by atoms with E-state index in [2.05, 4.69) is 83.8 Å². The molecule has 642 valence electrons. The van der Waals surface area contributed by atoms with Crippen LogP contribution in [0.1, 0.15) is 125 Å². The number of benzene rings is 5. The molecule has 0 saturated carbocycles. The summed E-state index contributed by atoms with van der Waals surface area (Å²) in [5, 5.41) is 83.2. The third kappa shape index (κ3) is 28.5. The number of imide groups is 1. The first-order valence-electron chi connectivity index (χ1n) is 38.5. The highest BCUT2D eigenvalue weighted by atomic mass is 32.2. The van der Waals surface area contributed by atoms with Gasteiger partial charge in [-0.3, -0.25) is 72.0 Å². The van der Waals surface area contributed by atoms with Gasteiger partial charge in [-0.05, 0) is 149 Å². The van der Waals surface area contributed by atoms with Gasteiger partial charge in [0, 0.05) is 43.8 Å². The van der Waals surface area contributed by atoms with Crippen LogP contribution in [-0.4, -0.2) is 240 Å². The molecule has 40 heteroatoms. The maximum atomic E-state index is 15.6. The third-order valence-corrected chi connectivity index (χ3v) is 20.1. The predicted molar refractivity (Wildman–Crippen MR) is 432 cm³/mol. The van der Waals surface area contributed by atoms with Crippen molar-refractivity contribution in [1.82, 2.24) is 78.7 Å². The van der Waals surface area contributed by atoms with Crippen LogP contribution >= 0.6 is 11.8 Å². The fourth-order valence-corrected chi connectivity index (χ4v) is 13.6. The Morgan fingerprint density at radius 1 is 0.658 bits per heavy atom. The zero-order valence-electron chi connectivity index (χ0n) is 67.1. The lowest BCUT2D eigenvalue weighted by molar-refractivity contribution is -0.142. The number of carboxylic acid groups (broad SMARTS) is 1. The molecule has 0 saturated heterocycles. The lowest BCUT2D eigenvalue weighted by atomic mass is 9.90. The van der Waals surface area contributed by atoms with E-state index in [0.29, 0.717) is 56.6 Å². The number of fused-ring (bicyclic) bond motifs is 1. The third-order valence-electron chi connectivity index (χ3n) is 19.1. The van der Waals surface area contributed by atoms with Crippen LogP contribution < -0.4 is 63.6 Å². The molecule has 38 nitrogen and oxygen atoms in total.